The van der Waals surface area contributed by atoms with Gasteiger partial charge in [0.05, 0.1) is 34.6 Å². The number of hydrogen-bond acceptors (Lipinski definition) is 5. The van der Waals surface area contributed by atoms with Gasteiger partial charge in [0.15, 0.2) is 6.04 Å². The van der Waals surface area contributed by atoms with Crippen LogP contribution in [0.5, 0.6) is 0 Å². The Morgan fingerprint density at radius 2 is 1.89 bits per heavy atom. The average molecular weight is 395 g/mol. The molecule has 0 bridgehead atoms. The smallest absolute Gasteiger partial charge is 0.274 e. The van der Waals surface area contributed by atoms with Crippen molar-refractivity contribution in [1.82, 2.24) is 20.0 Å². The van der Waals surface area contributed by atoms with Crippen molar-refractivity contribution in [1.29, 1.82) is 0 Å². The van der Waals surface area contributed by atoms with Crippen molar-refractivity contribution in [3.8, 4) is 16.5 Å². The molecule has 4 rings (SSSR count). The maximum absolute atomic E-state index is 5.93. The van der Waals surface area contributed by atoms with E-state index in [1.165, 1.54) is 16.2 Å². The number of nitrogens with one attached hydrogen (secondary N) is 1. The molecule has 0 fully saturated rings. The summed E-state index contributed by atoms with van der Waals surface area (Å²) in [6, 6.07) is 14.3. The number of thiophene rings is 1. The van der Waals surface area contributed by atoms with Gasteiger partial charge in [0.25, 0.3) is 11.8 Å². The molecular weight excluding hydrogens is 370 g/mol. The standard InChI is InChI=1S/C21H23N5OS/c1-14-18(15(2)26(24-14)17-9-6-5-7-10-17)13-25(4)16(3)20-22-23-21(27-20)19-11-8-12-28-19/h5-12,16H,13H2,1-4H3/p+1/t16-/m1/s1. The molecule has 4 aromatic rings. The first kappa shape index (κ1) is 18.6. The van der Waals surface area contributed by atoms with Crippen molar-refractivity contribution in [2.75, 3.05) is 7.05 Å². The molecule has 0 aliphatic carbocycles. The Morgan fingerprint density at radius 3 is 2.61 bits per heavy atom. The van der Waals surface area contributed by atoms with Crippen LogP contribution >= 0.6 is 11.3 Å². The zero-order valence-corrected chi connectivity index (χ0v) is 17.3. The maximum Gasteiger partial charge on any atom is 0.274 e. The molecule has 6 nitrogen and oxygen atoms in total. The molecule has 1 aromatic carbocycles. The summed E-state index contributed by atoms with van der Waals surface area (Å²) in [5.41, 5.74) is 4.56. The van der Waals surface area contributed by atoms with Crippen molar-refractivity contribution in [2.24, 2.45) is 0 Å². The summed E-state index contributed by atoms with van der Waals surface area (Å²) >= 11 is 1.60. The van der Waals surface area contributed by atoms with Crippen molar-refractivity contribution in [2.45, 2.75) is 33.4 Å². The minimum atomic E-state index is 0.0834. The third kappa shape index (κ3) is 3.50. The van der Waals surface area contributed by atoms with Gasteiger partial charge in [-0.1, -0.05) is 24.3 Å². The van der Waals surface area contributed by atoms with Crippen molar-refractivity contribution in [3.05, 3.63) is 70.7 Å². The summed E-state index contributed by atoms with van der Waals surface area (Å²) < 4.78 is 7.95. The minimum absolute atomic E-state index is 0.0834. The molecule has 7 heteroatoms. The van der Waals surface area contributed by atoms with Crippen molar-refractivity contribution < 1.29 is 9.32 Å². The molecule has 3 aromatic heterocycles. The van der Waals surface area contributed by atoms with Gasteiger partial charge in [-0.25, -0.2) is 4.68 Å². The Kier molecular flexibility index (Phi) is 5.11. The zero-order valence-electron chi connectivity index (χ0n) is 16.5. The molecule has 0 aliphatic rings. The molecule has 0 aliphatic heterocycles. The lowest BCUT2D eigenvalue weighted by Gasteiger charge is -2.19. The number of hydrogen-bond donors (Lipinski definition) is 1. The van der Waals surface area contributed by atoms with Crippen molar-refractivity contribution in [3.63, 3.8) is 0 Å². The van der Waals surface area contributed by atoms with Crippen LogP contribution in [0, 0.1) is 13.8 Å². The molecule has 1 N–H and O–H groups in total. The summed E-state index contributed by atoms with van der Waals surface area (Å²) in [6.45, 7) is 7.15. The Bertz CT molecular complexity index is 1050. The van der Waals surface area contributed by atoms with Crippen LogP contribution in [0.15, 0.2) is 52.3 Å². The highest BCUT2D eigenvalue weighted by Gasteiger charge is 2.25. The second kappa shape index (κ2) is 7.69. The van der Waals surface area contributed by atoms with Gasteiger partial charge >= 0.3 is 0 Å². The molecule has 0 saturated carbocycles. The largest absolute Gasteiger partial charge is 0.414 e. The number of aryl methyl sites for hydroxylation is 1. The Balaban J connectivity index is 1.54. The van der Waals surface area contributed by atoms with Gasteiger partial charge in [-0.15, -0.1) is 21.5 Å². The van der Waals surface area contributed by atoms with E-state index in [4.69, 9.17) is 9.52 Å². The topological polar surface area (TPSA) is 61.2 Å². The molecule has 0 radical (unpaired) electrons. The molecular formula is C21H24N5OS+. The fraction of sp³-hybridized carbons (Fsp3) is 0.286. The Morgan fingerprint density at radius 1 is 1.11 bits per heavy atom. The fourth-order valence-corrected chi connectivity index (χ4v) is 3.95. The molecule has 144 valence electrons. The van der Waals surface area contributed by atoms with E-state index in [-0.39, 0.29) is 6.04 Å². The fourth-order valence-electron chi connectivity index (χ4n) is 3.30. The van der Waals surface area contributed by atoms with E-state index in [2.05, 4.69) is 50.1 Å². The summed E-state index contributed by atoms with van der Waals surface area (Å²) in [5, 5.41) is 15.3. The highest BCUT2D eigenvalue weighted by atomic mass is 32.1. The van der Waals surface area contributed by atoms with Crippen molar-refractivity contribution >= 4 is 11.3 Å². The molecule has 0 amide bonds. The van der Waals surface area contributed by atoms with Crippen LogP contribution in [0.2, 0.25) is 0 Å². The van der Waals surface area contributed by atoms with Gasteiger partial charge in [-0.3, -0.25) is 0 Å². The lowest BCUT2D eigenvalue weighted by atomic mass is 10.1. The monoisotopic (exact) mass is 394 g/mol. The number of aromatic nitrogens is 4. The molecule has 0 saturated heterocycles. The summed E-state index contributed by atoms with van der Waals surface area (Å²) in [4.78, 5) is 2.28. The Labute approximate surface area is 168 Å². The quantitative estimate of drug-likeness (QED) is 0.545. The average Bonchev–Trinajstić information content (AvgIpc) is 3.45. The van der Waals surface area contributed by atoms with Crippen LogP contribution < -0.4 is 4.90 Å². The van der Waals surface area contributed by atoms with Crippen LogP contribution in [0.25, 0.3) is 16.5 Å². The predicted octanol–water partition coefficient (Wildman–Crippen LogP) is 3.38. The van der Waals surface area contributed by atoms with Crippen LogP contribution in [-0.4, -0.2) is 27.0 Å². The number of benzene rings is 1. The van der Waals surface area contributed by atoms with Crippen LogP contribution in [-0.2, 0) is 6.54 Å². The van der Waals surface area contributed by atoms with Gasteiger partial charge < -0.3 is 9.32 Å². The van der Waals surface area contributed by atoms with E-state index in [1.54, 1.807) is 11.3 Å². The second-order valence-corrected chi connectivity index (χ2v) is 8.01. The second-order valence-electron chi connectivity index (χ2n) is 7.06. The molecule has 2 atom stereocenters. The maximum atomic E-state index is 5.93. The van der Waals surface area contributed by atoms with E-state index >= 15 is 0 Å². The zero-order chi connectivity index (χ0) is 19.7. The SMILES string of the molecule is Cc1nn(-c2ccccc2)c(C)c1C[NH+](C)[C@H](C)c1nnc(-c2cccs2)o1. The minimum Gasteiger partial charge on any atom is -0.414 e. The van der Waals surface area contributed by atoms with E-state index in [0.29, 0.717) is 11.8 Å². The van der Waals surface area contributed by atoms with E-state index in [0.717, 1.165) is 22.8 Å². The number of nitrogens with zero attached hydrogens (tertiary/aromatic N) is 4. The van der Waals surface area contributed by atoms with Crippen LogP contribution in [0.3, 0.4) is 0 Å². The summed E-state index contributed by atoms with van der Waals surface area (Å²) in [6.07, 6.45) is 0. The summed E-state index contributed by atoms with van der Waals surface area (Å²) in [7, 11) is 2.15. The number of para-hydroxylation sites is 1. The number of quaternary nitrogens is 1. The van der Waals surface area contributed by atoms with E-state index < -0.39 is 0 Å². The lowest BCUT2D eigenvalue weighted by molar-refractivity contribution is -0.925. The molecule has 28 heavy (non-hydrogen) atoms. The number of rotatable bonds is 6. The van der Waals surface area contributed by atoms with Gasteiger partial charge in [-0.05, 0) is 44.4 Å². The molecule has 1 unspecified atom stereocenters. The molecule has 3 heterocycles. The molecule has 0 spiro atoms. The van der Waals surface area contributed by atoms with Gasteiger partial charge in [0.2, 0.25) is 0 Å². The van der Waals surface area contributed by atoms with Gasteiger partial charge in [0.1, 0.15) is 6.54 Å². The first-order chi connectivity index (χ1) is 13.5. The van der Waals surface area contributed by atoms with E-state index in [9.17, 15) is 0 Å². The normalized spacial score (nSPS) is 13.6. The highest BCUT2D eigenvalue weighted by molar-refractivity contribution is 7.13. The first-order valence-electron chi connectivity index (χ1n) is 9.34. The summed E-state index contributed by atoms with van der Waals surface area (Å²) in [5.74, 6) is 1.25. The predicted molar refractivity (Wildman–Crippen MR) is 110 cm³/mol. The van der Waals surface area contributed by atoms with Crippen LogP contribution in [0.4, 0.5) is 0 Å². The van der Waals surface area contributed by atoms with Gasteiger partial charge in [0, 0.05) is 0 Å². The van der Waals surface area contributed by atoms with Crippen LogP contribution in [0.1, 0.15) is 35.8 Å². The Hall–Kier alpha value is -2.77. The third-order valence-electron chi connectivity index (χ3n) is 5.18. The lowest BCUT2D eigenvalue weighted by Crippen LogP contribution is -3.07. The first-order valence-corrected chi connectivity index (χ1v) is 10.2. The van der Waals surface area contributed by atoms with Gasteiger partial charge in [-0.2, -0.15) is 5.10 Å². The third-order valence-corrected chi connectivity index (χ3v) is 6.04. The van der Waals surface area contributed by atoms with E-state index in [1.807, 2.05) is 40.4 Å². The highest BCUT2D eigenvalue weighted by Crippen LogP contribution is 2.24.